The molecule has 2 rings (SSSR count). The van der Waals surface area contributed by atoms with Crippen molar-refractivity contribution in [2.24, 2.45) is 5.92 Å². The highest BCUT2D eigenvalue weighted by molar-refractivity contribution is 5.78. The largest absolute Gasteiger partial charge is 0.508 e. The maximum atomic E-state index is 11.7. The molecule has 1 fully saturated rings. The molecule has 1 heterocycles. The highest BCUT2D eigenvalue weighted by Crippen LogP contribution is 2.16. The number of amides is 1. The predicted molar refractivity (Wildman–Crippen MR) is 63.7 cm³/mol. The number of hydrogen-bond donors (Lipinski definition) is 2. The number of aromatic hydroxyl groups is 1. The summed E-state index contributed by atoms with van der Waals surface area (Å²) in [6.07, 6.45) is 1.45. The van der Waals surface area contributed by atoms with Crippen molar-refractivity contribution in [2.75, 3.05) is 19.8 Å². The second-order valence-corrected chi connectivity index (χ2v) is 4.23. The van der Waals surface area contributed by atoms with Crippen LogP contribution < -0.4 is 5.32 Å². The number of phenols is 1. The molecule has 92 valence electrons. The summed E-state index contributed by atoms with van der Waals surface area (Å²) in [6.45, 7) is 1.76. The maximum Gasteiger partial charge on any atom is 0.225 e. The van der Waals surface area contributed by atoms with Crippen LogP contribution in [0, 0.1) is 5.92 Å². The molecule has 1 unspecified atom stereocenters. The van der Waals surface area contributed by atoms with Crippen molar-refractivity contribution in [3.63, 3.8) is 0 Å². The number of benzene rings is 1. The molecule has 0 spiro atoms. The Labute approximate surface area is 101 Å². The van der Waals surface area contributed by atoms with Crippen molar-refractivity contribution < 1.29 is 14.6 Å². The monoisotopic (exact) mass is 235 g/mol. The Balaban J connectivity index is 1.76. The van der Waals surface area contributed by atoms with Crippen molar-refractivity contribution in [2.45, 2.75) is 12.8 Å². The third kappa shape index (κ3) is 3.20. The van der Waals surface area contributed by atoms with E-state index in [1.54, 1.807) is 12.1 Å². The second-order valence-electron chi connectivity index (χ2n) is 4.23. The maximum absolute atomic E-state index is 11.7. The molecule has 4 heteroatoms. The SMILES string of the molecule is O=C(NCCc1ccccc1O)C1CCOC1. The fourth-order valence-corrected chi connectivity index (χ4v) is 1.93. The Hall–Kier alpha value is -1.55. The van der Waals surface area contributed by atoms with Crippen molar-refractivity contribution in [3.8, 4) is 5.75 Å². The number of rotatable bonds is 4. The highest BCUT2D eigenvalue weighted by atomic mass is 16.5. The molecule has 0 saturated carbocycles. The lowest BCUT2D eigenvalue weighted by Crippen LogP contribution is -2.32. The van der Waals surface area contributed by atoms with Gasteiger partial charge in [-0.3, -0.25) is 4.79 Å². The van der Waals surface area contributed by atoms with Gasteiger partial charge in [-0.05, 0) is 24.5 Å². The molecular weight excluding hydrogens is 218 g/mol. The first kappa shape index (κ1) is 11.9. The number of ether oxygens (including phenoxy) is 1. The van der Waals surface area contributed by atoms with Crippen LogP contribution in [0.2, 0.25) is 0 Å². The first-order valence-corrected chi connectivity index (χ1v) is 5.89. The molecule has 4 nitrogen and oxygen atoms in total. The van der Waals surface area contributed by atoms with Crippen LogP contribution in [0.3, 0.4) is 0 Å². The van der Waals surface area contributed by atoms with Crippen molar-refractivity contribution in [3.05, 3.63) is 29.8 Å². The van der Waals surface area contributed by atoms with Crippen LogP contribution in [-0.2, 0) is 16.0 Å². The summed E-state index contributed by atoms with van der Waals surface area (Å²) in [5, 5.41) is 12.4. The van der Waals surface area contributed by atoms with E-state index in [1.807, 2.05) is 12.1 Å². The minimum atomic E-state index is -0.000583. The quantitative estimate of drug-likeness (QED) is 0.821. The zero-order chi connectivity index (χ0) is 12.1. The van der Waals surface area contributed by atoms with Crippen LogP contribution in [0.4, 0.5) is 0 Å². The van der Waals surface area contributed by atoms with E-state index in [4.69, 9.17) is 4.74 Å². The number of para-hydroxylation sites is 1. The Morgan fingerprint density at radius 1 is 1.47 bits per heavy atom. The van der Waals surface area contributed by atoms with E-state index in [2.05, 4.69) is 5.32 Å². The molecule has 0 aromatic heterocycles. The molecular formula is C13H17NO3. The lowest BCUT2D eigenvalue weighted by atomic mass is 10.1. The molecule has 0 radical (unpaired) electrons. The number of carbonyl (C=O) groups excluding carboxylic acids is 1. The molecule has 1 atom stereocenters. The van der Waals surface area contributed by atoms with Gasteiger partial charge in [-0.1, -0.05) is 18.2 Å². The van der Waals surface area contributed by atoms with Crippen molar-refractivity contribution in [1.82, 2.24) is 5.32 Å². The molecule has 1 aromatic carbocycles. The van der Waals surface area contributed by atoms with Gasteiger partial charge in [-0.15, -0.1) is 0 Å². The van der Waals surface area contributed by atoms with E-state index >= 15 is 0 Å². The van der Waals surface area contributed by atoms with E-state index < -0.39 is 0 Å². The standard InChI is InChI=1S/C13H17NO3/c15-12-4-2-1-3-10(12)5-7-14-13(16)11-6-8-17-9-11/h1-4,11,15H,5-9H2,(H,14,16). The van der Waals surface area contributed by atoms with Crippen LogP contribution >= 0.6 is 0 Å². The Morgan fingerprint density at radius 2 is 2.29 bits per heavy atom. The minimum Gasteiger partial charge on any atom is -0.508 e. The first-order chi connectivity index (χ1) is 8.27. The van der Waals surface area contributed by atoms with Crippen LogP contribution in [0.15, 0.2) is 24.3 Å². The number of carbonyl (C=O) groups is 1. The minimum absolute atomic E-state index is 0.000583. The molecule has 1 aromatic rings. The number of phenolic OH excluding ortho intramolecular Hbond substituents is 1. The lowest BCUT2D eigenvalue weighted by Gasteiger charge is -2.09. The van der Waals surface area contributed by atoms with Crippen LogP contribution in [0.1, 0.15) is 12.0 Å². The van der Waals surface area contributed by atoms with Crippen LogP contribution in [0.5, 0.6) is 5.75 Å². The van der Waals surface area contributed by atoms with Crippen molar-refractivity contribution >= 4 is 5.91 Å². The third-order valence-electron chi connectivity index (χ3n) is 2.99. The first-order valence-electron chi connectivity index (χ1n) is 5.89. The Kier molecular flexibility index (Phi) is 3.98. The molecule has 1 amide bonds. The van der Waals surface area contributed by atoms with Gasteiger partial charge in [0.15, 0.2) is 0 Å². The van der Waals surface area contributed by atoms with Gasteiger partial charge in [-0.25, -0.2) is 0 Å². The lowest BCUT2D eigenvalue weighted by molar-refractivity contribution is -0.124. The van der Waals surface area contributed by atoms with Crippen LogP contribution in [-0.4, -0.2) is 30.8 Å². The van der Waals surface area contributed by atoms with Gasteiger partial charge < -0.3 is 15.2 Å². The van der Waals surface area contributed by atoms with E-state index in [-0.39, 0.29) is 17.6 Å². The summed E-state index contributed by atoms with van der Waals surface area (Å²) in [4.78, 5) is 11.7. The molecule has 1 saturated heterocycles. The molecule has 1 aliphatic rings. The third-order valence-corrected chi connectivity index (χ3v) is 2.99. The summed E-state index contributed by atoms with van der Waals surface area (Å²) < 4.78 is 5.16. The average molecular weight is 235 g/mol. The summed E-state index contributed by atoms with van der Waals surface area (Å²) in [6, 6.07) is 7.18. The molecule has 1 aliphatic heterocycles. The molecule has 2 N–H and O–H groups in total. The van der Waals surface area contributed by atoms with Crippen LogP contribution in [0.25, 0.3) is 0 Å². The topological polar surface area (TPSA) is 58.6 Å². The van der Waals surface area contributed by atoms with E-state index in [1.165, 1.54) is 0 Å². The van der Waals surface area contributed by atoms with Crippen molar-refractivity contribution in [1.29, 1.82) is 0 Å². The highest BCUT2D eigenvalue weighted by Gasteiger charge is 2.22. The zero-order valence-electron chi connectivity index (χ0n) is 9.69. The van der Waals surface area contributed by atoms with E-state index in [9.17, 15) is 9.90 Å². The van der Waals surface area contributed by atoms with Gasteiger partial charge >= 0.3 is 0 Å². The fourth-order valence-electron chi connectivity index (χ4n) is 1.93. The van der Waals surface area contributed by atoms with Gasteiger partial charge in [0.25, 0.3) is 0 Å². The average Bonchev–Trinajstić information content (AvgIpc) is 2.85. The summed E-state index contributed by atoms with van der Waals surface area (Å²) in [5.74, 6) is 0.336. The molecule has 0 bridgehead atoms. The van der Waals surface area contributed by atoms with Gasteiger partial charge in [0.05, 0.1) is 12.5 Å². The number of hydrogen-bond acceptors (Lipinski definition) is 3. The smallest absolute Gasteiger partial charge is 0.225 e. The van der Waals surface area contributed by atoms with Gasteiger partial charge in [0.1, 0.15) is 5.75 Å². The number of nitrogens with one attached hydrogen (secondary N) is 1. The second kappa shape index (κ2) is 5.68. The van der Waals surface area contributed by atoms with E-state index in [0.29, 0.717) is 26.2 Å². The Morgan fingerprint density at radius 3 is 3.00 bits per heavy atom. The summed E-state index contributed by atoms with van der Waals surface area (Å²) in [7, 11) is 0. The van der Waals surface area contributed by atoms with Gasteiger partial charge in [0, 0.05) is 13.2 Å². The fraction of sp³-hybridized carbons (Fsp3) is 0.462. The van der Waals surface area contributed by atoms with E-state index in [0.717, 1.165) is 12.0 Å². The molecule has 0 aliphatic carbocycles. The predicted octanol–water partition coefficient (Wildman–Crippen LogP) is 1.09. The normalized spacial score (nSPS) is 19.2. The zero-order valence-corrected chi connectivity index (χ0v) is 9.69. The van der Waals surface area contributed by atoms with Gasteiger partial charge in [0.2, 0.25) is 5.91 Å². The summed E-state index contributed by atoms with van der Waals surface area (Å²) in [5.41, 5.74) is 0.857. The molecule has 17 heavy (non-hydrogen) atoms. The van der Waals surface area contributed by atoms with Gasteiger partial charge in [-0.2, -0.15) is 0 Å². The Bertz CT molecular complexity index is 386. The summed E-state index contributed by atoms with van der Waals surface area (Å²) >= 11 is 0.